The highest BCUT2D eigenvalue weighted by Gasteiger charge is 2.22. The normalized spacial score (nSPS) is 14.5. The zero-order valence-corrected chi connectivity index (χ0v) is 25.5. The van der Waals surface area contributed by atoms with Gasteiger partial charge in [0, 0.05) is 0 Å². The molecule has 0 fully saturated rings. The number of carbonyl (C=O) groups excluding carboxylic acids is 1. The van der Waals surface area contributed by atoms with Crippen LogP contribution in [0.3, 0.4) is 0 Å². The molecule has 0 aliphatic rings. The lowest BCUT2D eigenvalue weighted by Crippen LogP contribution is -2.48. The topological polar surface area (TPSA) is 89.8 Å². The second kappa shape index (κ2) is 29.6. The number of hydrogen-bond donors (Lipinski definition) is 4. The first-order valence-electron chi connectivity index (χ1n) is 16.3. The van der Waals surface area contributed by atoms with Crippen molar-refractivity contribution in [2.24, 2.45) is 0 Å². The van der Waals surface area contributed by atoms with Gasteiger partial charge in [-0.2, -0.15) is 0 Å². The van der Waals surface area contributed by atoms with Crippen molar-refractivity contribution in [3.05, 3.63) is 36.5 Å². The molecule has 0 rings (SSSR count). The van der Waals surface area contributed by atoms with E-state index in [9.17, 15) is 20.1 Å². The van der Waals surface area contributed by atoms with E-state index in [4.69, 9.17) is 0 Å². The summed E-state index contributed by atoms with van der Waals surface area (Å²) in [6, 6.07) is -0.815. The number of carbonyl (C=O) groups is 1. The molecule has 0 radical (unpaired) electrons. The first-order chi connectivity index (χ1) is 19.1. The van der Waals surface area contributed by atoms with E-state index in [1.165, 1.54) is 77.0 Å². The number of amides is 1. The Kier molecular flexibility index (Phi) is 28.5. The van der Waals surface area contributed by atoms with Crippen molar-refractivity contribution < 1.29 is 20.1 Å². The van der Waals surface area contributed by atoms with Crippen LogP contribution in [0.15, 0.2) is 36.5 Å². The van der Waals surface area contributed by atoms with Crippen molar-refractivity contribution in [2.45, 2.75) is 167 Å². The minimum atomic E-state index is -1.11. The largest absolute Gasteiger partial charge is 0.394 e. The van der Waals surface area contributed by atoms with Gasteiger partial charge in [0.1, 0.15) is 6.10 Å². The maximum atomic E-state index is 12.3. The van der Waals surface area contributed by atoms with Crippen molar-refractivity contribution in [1.29, 1.82) is 0 Å². The summed E-state index contributed by atoms with van der Waals surface area (Å²) in [5.74, 6) is -0.527. The molecule has 0 aromatic carbocycles. The third-order valence-electron chi connectivity index (χ3n) is 7.20. The predicted octanol–water partition coefficient (Wildman–Crippen LogP) is 8.09. The van der Waals surface area contributed by atoms with E-state index in [0.29, 0.717) is 6.42 Å². The number of aliphatic hydroxyl groups is 3. The van der Waals surface area contributed by atoms with Gasteiger partial charge in [0.05, 0.1) is 18.8 Å². The first-order valence-corrected chi connectivity index (χ1v) is 16.3. The Morgan fingerprint density at radius 3 is 1.62 bits per heavy atom. The lowest BCUT2D eigenvalue weighted by molar-refractivity contribution is -0.131. The highest BCUT2D eigenvalue weighted by atomic mass is 16.3. The van der Waals surface area contributed by atoms with Crippen LogP contribution in [-0.4, -0.2) is 46.1 Å². The standard InChI is InChI=1S/C34H63NO4/c1-3-5-7-9-11-13-15-16-17-19-20-22-24-26-28-32(37)31(30-36)35-34(39)33(38)29-27-25-23-21-18-14-12-10-8-6-4-2/h12,14,19-20,26,28,31-33,36-38H,3-11,13,15-18,21-25,27,29-30H2,1-2H3,(H,35,39)/b14-12-,20-19+,28-26+. The number of allylic oxidation sites excluding steroid dienone is 5. The summed E-state index contributed by atoms with van der Waals surface area (Å²) < 4.78 is 0. The number of aliphatic hydroxyl groups excluding tert-OH is 3. The molecular weight excluding hydrogens is 486 g/mol. The van der Waals surface area contributed by atoms with Gasteiger partial charge < -0.3 is 20.6 Å². The van der Waals surface area contributed by atoms with Crippen LogP contribution in [0.2, 0.25) is 0 Å². The highest BCUT2D eigenvalue weighted by Crippen LogP contribution is 2.11. The van der Waals surface area contributed by atoms with Crippen molar-refractivity contribution in [3.63, 3.8) is 0 Å². The molecule has 0 aliphatic heterocycles. The van der Waals surface area contributed by atoms with Gasteiger partial charge in [0.2, 0.25) is 5.91 Å². The fraction of sp³-hybridized carbons (Fsp3) is 0.794. The number of rotatable bonds is 28. The molecule has 228 valence electrons. The van der Waals surface area contributed by atoms with Crippen LogP contribution in [0.5, 0.6) is 0 Å². The van der Waals surface area contributed by atoms with Crippen molar-refractivity contribution in [3.8, 4) is 0 Å². The van der Waals surface area contributed by atoms with Crippen LogP contribution in [0, 0.1) is 0 Å². The zero-order valence-electron chi connectivity index (χ0n) is 25.5. The van der Waals surface area contributed by atoms with Gasteiger partial charge >= 0.3 is 0 Å². The monoisotopic (exact) mass is 549 g/mol. The number of nitrogens with one attached hydrogen (secondary N) is 1. The van der Waals surface area contributed by atoms with Crippen LogP contribution >= 0.6 is 0 Å². The highest BCUT2D eigenvalue weighted by molar-refractivity contribution is 5.80. The summed E-state index contributed by atoms with van der Waals surface area (Å²) in [7, 11) is 0. The second-order valence-electron chi connectivity index (χ2n) is 11.0. The molecule has 3 atom stereocenters. The zero-order chi connectivity index (χ0) is 28.8. The molecule has 0 saturated carbocycles. The van der Waals surface area contributed by atoms with E-state index >= 15 is 0 Å². The van der Waals surface area contributed by atoms with Crippen LogP contribution < -0.4 is 5.32 Å². The van der Waals surface area contributed by atoms with E-state index in [1.54, 1.807) is 6.08 Å². The quantitative estimate of drug-likeness (QED) is 0.0586. The minimum absolute atomic E-state index is 0.381. The van der Waals surface area contributed by atoms with Gasteiger partial charge in [-0.3, -0.25) is 4.79 Å². The van der Waals surface area contributed by atoms with Crippen LogP contribution in [-0.2, 0) is 4.79 Å². The van der Waals surface area contributed by atoms with Crippen LogP contribution in [0.4, 0.5) is 0 Å². The Morgan fingerprint density at radius 1 is 0.615 bits per heavy atom. The van der Waals surface area contributed by atoms with Crippen molar-refractivity contribution >= 4 is 5.91 Å². The molecule has 0 heterocycles. The molecule has 0 spiro atoms. The average Bonchev–Trinajstić information content (AvgIpc) is 2.94. The van der Waals surface area contributed by atoms with Gasteiger partial charge in [-0.25, -0.2) is 0 Å². The Balaban J connectivity index is 3.89. The molecule has 0 saturated heterocycles. The maximum Gasteiger partial charge on any atom is 0.249 e. The van der Waals surface area contributed by atoms with Gasteiger partial charge in [-0.15, -0.1) is 0 Å². The Morgan fingerprint density at radius 2 is 1.05 bits per heavy atom. The number of unbranched alkanes of at least 4 members (excludes halogenated alkanes) is 16. The SMILES string of the molecule is CCCCC/C=C\CCCCCCC(O)C(=O)NC(CO)C(O)/C=C/CC/C=C/CCCCCCCCCC. The van der Waals surface area contributed by atoms with Gasteiger partial charge in [0.25, 0.3) is 0 Å². The molecule has 0 aromatic rings. The van der Waals surface area contributed by atoms with E-state index in [-0.39, 0.29) is 6.61 Å². The molecule has 0 aromatic heterocycles. The van der Waals surface area contributed by atoms with Crippen molar-refractivity contribution in [1.82, 2.24) is 5.32 Å². The second-order valence-corrected chi connectivity index (χ2v) is 11.0. The van der Waals surface area contributed by atoms with Crippen molar-refractivity contribution in [2.75, 3.05) is 6.61 Å². The fourth-order valence-corrected chi connectivity index (χ4v) is 4.54. The van der Waals surface area contributed by atoms with E-state index in [1.807, 2.05) is 6.08 Å². The van der Waals surface area contributed by atoms with Crippen LogP contribution in [0.25, 0.3) is 0 Å². The predicted molar refractivity (Wildman–Crippen MR) is 167 cm³/mol. The van der Waals surface area contributed by atoms with Gasteiger partial charge in [-0.1, -0.05) is 127 Å². The Labute approximate surface area is 241 Å². The molecule has 5 nitrogen and oxygen atoms in total. The third-order valence-corrected chi connectivity index (χ3v) is 7.20. The number of hydrogen-bond acceptors (Lipinski definition) is 4. The van der Waals surface area contributed by atoms with E-state index in [2.05, 4.69) is 43.5 Å². The van der Waals surface area contributed by atoms with E-state index < -0.39 is 24.2 Å². The van der Waals surface area contributed by atoms with Crippen LogP contribution in [0.1, 0.15) is 149 Å². The molecular formula is C34H63NO4. The molecule has 1 amide bonds. The molecule has 5 heteroatoms. The molecule has 0 bridgehead atoms. The third kappa shape index (κ3) is 25.3. The summed E-state index contributed by atoms with van der Waals surface area (Å²) in [6.07, 6.45) is 34.4. The molecule has 3 unspecified atom stereocenters. The fourth-order valence-electron chi connectivity index (χ4n) is 4.54. The molecule has 4 N–H and O–H groups in total. The minimum Gasteiger partial charge on any atom is -0.394 e. The lowest BCUT2D eigenvalue weighted by Gasteiger charge is -2.21. The summed E-state index contributed by atoms with van der Waals surface area (Å²) >= 11 is 0. The average molecular weight is 550 g/mol. The van der Waals surface area contributed by atoms with Gasteiger partial charge in [0.15, 0.2) is 0 Å². The summed E-state index contributed by atoms with van der Waals surface area (Å²) in [4.78, 5) is 12.3. The molecule has 0 aliphatic carbocycles. The Bertz CT molecular complexity index is 616. The van der Waals surface area contributed by atoms with E-state index in [0.717, 1.165) is 51.4 Å². The summed E-state index contributed by atoms with van der Waals surface area (Å²) in [5.41, 5.74) is 0. The summed E-state index contributed by atoms with van der Waals surface area (Å²) in [6.45, 7) is 4.09. The maximum absolute atomic E-state index is 12.3. The Hall–Kier alpha value is -1.43. The lowest BCUT2D eigenvalue weighted by atomic mass is 10.1. The first kappa shape index (κ1) is 37.6. The smallest absolute Gasteiger partial charge is 0.249 e. The molecule has 39 heavy (non-hydrogen) atoms. The van der Waals surface area contributed by atoms with Gasteiger partial charge in [-0.05, 0) is 57.8 Å². The summed E-state index contributed by atoms with van der Waals surface area (Å²) in [5, 5.41) is 32.7.